The van der Waals surface area contributed by atoms with Gasteiger partial charge >= 0.3 is 94.4 Å². The van der Waals surface area contributed by atoms with Gasteiger partial charge in [0.2, 0.25) is 11.8 Å². The Labute approximate surface area is 358 Å². The Morgan fingerprint density at radius 3 is 1.19 bits per heavy atom. The van der Waals surface area contributed by atoms with Gasteiger partial charge in [-0.3, -0.25) is 29.0 Å². The molecular weight excluding hydrogens is 986 g/mol. The quantitative estimate of drug-likeness (QED) is 0.0684. The summed E-state index contributed by atoms with van der Waals surface area (Å²) in [6.07, 6.45) is -2.21. The number of carbonyl (C=O) groups excluding carboxylic acids is 7. The minimum Gasteiger partial charge on any atom is -0.469 e. The van der Waals surface area contributed by atoms with Gasteiger partial charge in [0.25, 0.3) is 0 Å². The molecule has 0 aromatic carbocycles. The summed E-state index contributed by atoms with van der Waals surface area (Å²) < 4.78 is 241. The third-order valence-corrected chi connectivity index (χ3v) is 8.97. The summed E-state index contributed by atoms with van der Waals surface area (Å²) in [6, 6.07) is -1.26. The molecular formula is C31H29F16N5O15. The van der Waals surface area contributed by atoms with E-state index in [0.29, 0.717) is 9.80 Å². The first kappa shape index (κ1) is 56.9. The normalized spacial score (nSPS) is 14.9. The number of urea groups is 1. The van der Waals surface area contributed by atoms with E-state index in [9.17, 15) is 123 Å². The van der Waals surface area contributed by atoms with Crippen molar-refractivity contribution in [2.75, 3.05) is 47.1 Å². The highest BCUT2D eigenvalue weighted by atomic mass is 19.4. The maximum Gasteiger partial charge on any atom is 0.410 e. The summed E-state index contributed by atoms with van der Waals surface area (Å²) in [5.41, 5.74) is -5.47. The average molecular weight is 1020 g/mol. The van der Waals surface area contributed by atoms with Crippen LogP contribution in [0.1, 0.15) is 19.3 Å². The van der Waals surface area contributed by atoms with E-state index in [2.05, 4.69) is 14.2 Å². The van der Waals surface area contributed by atoms with Crippen molar-refractivity contribution < 1.29 is 128 Å². The zero-order chi connectivity index (χ0) is 52.3. The fourth-order valence-corrected chi connectivity index (χ4v) is 5.20. The lowest BCUT2D eigenvalue weighted by atomic mass is 9.87. The predicted octanol–water partition coefficient (Wildman–Crippen LogP) is 0.640. The van der Waals surface area contributed by atoms with Gasteiger partial charge in [0.1, 0.15) is 19.6 Å². The summed E-state index contributed by atoms with van der Waals surface area (Å²) in [7, 11) is 0.688. The molecule has 1 aromatic rings. The number of methoxy groups -OCH3 is 2. The number of carbonyl (C=O) groups is 7. The lowest BCUT2D eigenvalue weighted by Gasteiger charge is -2.42. The van der Waals surface area contributed by atoms with Gasteiger partial charge in [-0.1, -0.05) is 0 Å². The molecule has 67 heavy (non-hydrogen) atoms. The SMILES string of the molecule is COC(=O)CCN1C(=O)CC(=O)N(CCC(=O)OCCn2c(=O)n(CCO)c(=O)n(CCOC(=O)C(F)(F)C(F)(F)C(F)(F)C(F)(F)C(F)(F)C(F)(F)C(F)(F)C(F)(F)C(=O)OC)c2=O)C1=O. The van der Waals surface area contributed by atoms with E-state index in [4.69, 9.17) is 4.74 Å². The van der Waals surface area contributed by atoms with Crippen LogP contribution in [0.25, 0.3) is 0 Å². The van der Waals surface area contributed by atoms with E-state index in [1.807, 2.05) is 0 Å². The third kappa shape index (κ3) is 9.91. The molecule has 20 nitrogen and oxygen atoms in total. The summed E-state index contributed by atoms with van der Waals surface area (Å²) in [4.78, 5) is 123. The number of aliphatic hydroxyl groups is 1. The molecule has 0 bridgehead atoms. The number of barbiturate groups is 1. The predicted molar refractivity (Wildman–Crippen MR) is 175 cm³/mol. The van der Waals surface area contributed by atoms with Gasteiger partial charge in [-0.25, -0.2) is 42.5 Å². The molecule has 1 N–H and O–H groups in total. The van der Waals surface area contributed by atoms with E-state index in [0.717, 1.165) is 7.11 Å². The van der Waals surface area contributed by atoms with Gasteiger partial charge in [-0.15, -0.1) is 0 Å². The third-order valence-electron chi connectivity index (χ3n) is 8.97. The second-order valence-electron chi connectivity index (χ2n) is 13.1. The van der Waals surface area contributed by atoms with Crippen LogP contribution in [0.5, 0.6) is 0 Å². The number of aromatic nitrogens is 3. The number of rotatable bonds is 23. The van der Waals surface area contributed by atoms with Crippen molar-refractivity contribution >= 4 is 41.7 Å². The first-order valence-electron chi connectivity index (χ1n) is 17.6. The number of amides is 4. The van der Waals surface area contributed by atoms with Crippen molar-refractivity contribution in [1.82, 2.24) is 23.5 Å². The van der Waals surface area contributed by atoms with E-state index < -0.39 is 178 Å². The molecule has 1 aliphatic heterocycles. The van der Waals surface area contributed by atoms with Gasteiger partial charge in [0.05, 0.1) is 53.3 Å². The van der Waals surface area contributed by atoms with Crippen LogP contribution in [0, 0.1) is 0 Å². The molecule has 1 saturated heterocycles. The molecule has 1 aliphatic rings. The number of nitrogens with zero attached hydrogens (tertiary/aromatic N) is 5. The summed E-state index contributed by atoms with van der Waals surface area (Å²) in [6.45, 7) is -9.55. The van der Waals surface area contributed by atoms with Crippen LogP contribution < -0.4 is 17.1 Å². The van der Waals surface area contributed by atoms with Crippen molar-refractivity contribution in [3.63, 3.8) is 0 Å². The molecule has 0 saturated carbocycles. The second-order valence-corrected chi connectivity index (χ2v) is 13.1. The molecule has 4 amide bonds. The zero-order valence-corrected chi connectivity index (χ0v) is 33.2. The Kier molecular flexibility index (Phi) is 16.9. The molecule has 0 unspecified atom stereocenters. The molecule has 36 heteroatoms. The van der Waals surface area contributed by atoms with E-state index in [-0.39, 0.29) is 20.8 Å². The fraction of sp³-hybridized carbons (Fsp3) is 0.677. The molecule has 380 valence electrons. The fourth-order valence-electron chi connectivity index (χ4n) is 5.20. The first-order valence-corrected chi connectivity index (χ1v) is 17.6. The highest BCUT2D eigenvalue weighted by Gasteiger charge is 2.96. The van der Waals surface area contributed by atoms with Crippen LogP contribution in [0.2, 0.25) is 0 Å². The Morgan fingerprint density at radius 2 is 0.821 bits per heavy atom. The van der Waals surface area contributed by atoms with Crippen LogP contribution in [-0.4, -0.2) is 165 Å². The van der Waals surface area contributed by atoms with Crippen molar-refractivity contribution in [1.29, 1.82) is 0 Å². The summed E-state index contributed by atoms with van der Waals surface area (Å²) >= 11 is 0. The van der Waals surface area contributed by atoms with Gasteiger partial charge in [0.15, 0.2) is 0 Å². The first-order chi connectivity index (χ1) is 30.4. The molecule has 1 fully saturated rings. The number of imide groups is 2. The van der Waals surface area contributed by atoms with Crippen molar-refractivity contribution in [2.45, 2.75) is 86.3 Å². The Hall–Kier alpha value is -6.26. The Morgan fingerprint density at radius 1 is 0.478 bits per heavy atom. The number of esters is 4. The number of alkyl halides is 16. The van der Waals surface area contributed by atoms with Crippen LogP contribution in [0.15, 0.2) is 14.4 Å². The van der Waals surface area contributed by atoms with Crippen molar-refractivity contribution in [3.05, 3.63) is 31.5 Å². The van der Waals surface area contributed by atoms with Gasteiger partial charge in [-0.2, -0.15) is 70.2 Å². The highest BCUT2D eigenvalue weighted by molar-refractivity contribution is 6.14. The number of hydrogen-bond acceptors (Lipinski definition) is 15. The molecule has 0 atom stereocenters. The largest absolute Gasteiger partial charge is 0.469 e. The highest BCUT2D eigenvalue weighted by Crippen LogP contribution is 2.64. The Balaban J connectivity index is 2.31. The maximum atomic E-state index is 14.4. The number of hydrogen-bond donors (Lipinski definition) is 1. The van der Waals surface area contributed by atoms with Crippen LogP contribution in [-0.2, 0) is 67.3 Å². The van der Waals surface area contributed by atoms with Crippen LogP contribution >= 0.6 is 0 Å². The minimum atomic E-state index is -9.00. The minimum absolute atomic E-state index is 0.0550. The maximum absolute atomic E-state index is 14.4. The topological polar surface area (TPSA) is 249 Å². The van der Waals surface area contributed by atoms with E-state index >= 15 is 0 Å². The van der Waals surface area contributed by atoms with Crippen LogP contribution in [0.3, 0.4) is 0 Å². The second kappa shape index (κ2) is 19.9. The molecule has 0 radical (unpaired) electrons. The van der Waals surface area contributed by atoms with Crippen LogP contribution in [0.4, 0.5) is 75.0 Å². The van der Waals surface area contributed by atoms with Crippen molar-refractivity contribution in [2.24, 2.45) is 0 Å². The lowest BCUT2D eigenvalue weighted by molar-refractivity contribution is -0.449. The average Bonchev–Trinajstić information content (AvgIpc) is 3.23. The Bertz CT molecular complexity index is 2300. The van der Waals surface area contributed by atoms with E-state index in [1.54, 1.807) is 0 Å². The van der Waals surface area contributed by atoms with E-state index in [1.165, 1.54) is 0 Å². The molecule has 2 heterocycles. The standard InChI is InChI=1S/C31H29F16N5O15/c1-64-16(56)3-5-48-14(54)13-15(55)49(20(48)60)6-4-17(57)66-11-8-51-21(61)50(7-10-53)22(62)52(23(51)63)9-12-67-19(59)25(34,35)27(38,39)29(42,43)31(46,47)30(44,45)28(40,41)26(36,37)24(32,33)18(58)65-2/h53H,3-13H2,1-2H3. The lowest BCUT2D eigenvalue weighted by Crippen LogP contribution is -2.75. The molecule has 0 spiro atoms. The number of aliphatic hydroxyl groups excluding tert-OH is 1. The van der Waals surface area contributed by atoms with Gasteiger partial charge in [-0.05, 0) is 0 Å². The monoisotopic (exact) mass is 1020 g/mol. The number of ether oxygens (including phenoxy) is 4. The number of halogens is 16. The smallest absolute Gasteiger partial charge is 0.410 e. The van der Waals surface area contributed by atoms with Gasteiger partial charge in [0, 0.05) is 13.1 Å². The molecule has 2 rings (SSSR count). The summed E-state index contributed by atoms with van der Waals surface area (Å²) in [5, 5.41) is 9.23. The molecule has 0 aliphatic carbocycles. The van der Waals surface area contributed by atoms with Gasteiger partial charge < -0.3 is 24.1 Å². The molecule has 1 aromatic heterocycles. The van der Waals surface area contributed by atoms with Crippen molar-refractivity contribution in [3.8, 4) is 0 Å². The summed E-state index contributed by atoms with van der Waals surface area (Å²) in [5.74, 6) is -79.6. The zero-order valence-electron chi connectivity index (χ0n) is 33.2.